The third-order valence-electron chi connectivity index (χ3n) is 9.19. The highest BCUT2D eigenvalue weighted by Crippen LogP contribution is 2.66. The molecule has 8 heteroatoms. The Hall–Kier alpha value is -3.36. The van der Waals surface area contributed by atoms with Crippen LogP contribution in [0.1, 0.15) is 73.1 Å². The first-order valence-electron chi connectivity index (χ1n) is 14.0. The lowest BCUT2D eigenvalue weighted by Gasteiger charge is -2.46. The van der Waals surface area contributed by atoms with Gasteiger partial charge in [-0.3, -0.25) is 4.79 Å². The highest BCUT2D eigenvalue weighted by Gasteiger charge is 2.63. The fraction of sp³-hybridized carbons (Fsp3) is 0.438. The monoisotopic (exact) mass is 547 g/mol. The number of nitrogens with one attached hydrogen (secondary N) is 1. The highest BCUT2D eigenvalue weighted by atomic mass is 19.1. The summed E-state index contributed by atoms with van der Waals surface area (Å²) >= 11 is 0. The Labute approximate surface area is 232 Å². The van der Waals surface area contributed by atoms with Crippen LogP contribution in [0.25, 0.3) is 11.8 Å². The van der Waals surface area contributed by atoms with E-state index in [1.807, 2.05) is 10.9 Å². The summed E-state index contributed by atoms with van der Waals surface area (Å²) in [5.41, 5.74) is 2.72. The number of nitrogens with zero attached hydrogens (tertiary/aromatic N) is 2. The summed E-state index contributed by atoms with van der Waals surface area (Å²) in [5.74, 6) is -0.876. The Bertz CT molecular complexity index is 1490. The summed E-state index contributed by atoms with van der Waals surface area (Å²) in [6.07, 6.45) is 9.08. The normalized spacial score (nSPS) is 23.9. The first-order valence-corrected chi connectivity index (χ1v) is 14.0. The molecule has 3 N–H and O–H groups in total. The van der Waals surface area contributed by atoms with Gasteiger partial charge in [0.05, 0.1) is 35.3 Å². The van der Waals surface area contributed by atoms with E-state index in [0.717, 1.165) is 36.2 Å². The lowest BCUT2D eigenvalue weighted by atomic mass is 9.61. The first kappa shape index (κ1) is 26.8. The van der Waals surface area contributed by atoms with Crippen LogP contribution in [0.5, 0.6) is 0 Å². The van der Waals surface area contributed by atoms with Gasteiger partial charge in [0.15, 0.2) is 0 Å². The van der Waals surface area contributed by atoms with Crippen LogP contribution in [0.15, 0.2) is 54.2 Å². The number of amides is 1. The molecule has 3 aliphatic carbocycles. The Morgan fingerprint density at radius 2 is 1.88 bits per heavy atom. The van der Waals surface area contributed by atoms with Crippen LogP contribution in [0.4, 0.5) is 8.78 Å². The Balaban J connectivity index is 1.30. The second-order valence-corrected chi connectivity index (χ2v) is 12.4. The first-order chi connectivity index (χ1) is 19.0. The molecule has 2 saturated carbocycles. The van der Waals surface area contributed by atoms with Gasteiger partial charge in [-0.25, -0.2) is 13.5 Å². The molecule has 3 aromatic rings. The lowest BCUT2D eigenvalue weighted by molar-refractivity contribution is -0.0661. The Kier molecular flexibility index (Phi) is 6.46. The number of carbonyl (C=O) groups excluding carboxylic acids is 1. The smallest absolute Gasteiger partial charge is 0.252 e. The molecule has 2 atom stereocenters. The SMILES string of the molecule is CC(C)(CO)NC(=O)c1cc(F)ccc1CC[C@]1(O)CCC2=Cc3c(cnn3-c3ccc(F)cc3)C[C@@]21C1CC1. The molecule has 0 spiro atoms. The fourth-order valence-corrected chi connectivity index (χ4v) is 6.95. The molecule has 6 nitrogen and oxygen atoms in total. The van der Waals surface area contributed by atoms with Crippen molar-refractivity contribution in [3.63, 3.8) is 0 Å². The van der Waals surface area contributed by atoms with Crippen LogP contribution >= 0.6 is 0 Å². The topological polar surface area (TPSA) is 87.4 Å². The average Bonchev–Trinajstić information content (AvgIpc) is 3.65. The van der Waals surface area contributed by atoms with E-state index in [1.54, 1.807) is 32.0 Å². The van der Waals surface area contributed by atoms with Gasteiger partial charge in [-0.05, 0) is 118 Å². The van der Waals surface area contributed by atoms with Crippen LogP contribution in [-0.2, 0) is 12.8 Å². The van der Waals surface area contributed by atoms with Crippen LogP contribution in [-0.4, -0.2) is 43.6 Å². The molecule has 210 valence electrons. The minimum Gasteiger partial charge on any atom is -0.394 e. The number of aromatic nitrogens is 2. The number of fused-ring (bicyclic) bond motifs is 2. The molecule has 1 amide bonds. The number of benzene rings is 2. The van der Waals surface area contributed by atoms with Crippen LogP contribution in [0.3, 0.4) is 0 Å². The third-order valence-corrected chi connectivity index (χ3v) is 9.19. The number of aliphatic hydroxyl groups is 2. The van der Waals surface area contributed by atoms with E-state index in [0.29, 0.717) is 37.2 Å². The second kappa shape index (κ2) is 9.63. The number of aliphatic hydroxyl groups excluding tert-OH is 1. The number of hydrogen-bond acceptors (Lipinski definition) is 4. The number of rotatable bonds is 8. The third kappa shape index (κ3) is 4.47. The number of halogens is 2. The summed E-state index contributed by atoms with van der Waals surface area (Å²) in [6, 6.07) is 10.5. The van der Waals surface area contributed by atoms with Crippen LogP contribution in [0, 0.1) is 23.0 Å². The summed E-state index contributed by atoms with van der Waals surface area (Å²) in [7, 11) is 0. The minimum absolute atomic E-state index is 0.228. The van der Waals surface area contributed by atoms with Crippen molar-refractivity contribution in [1.82, 2.24) is 15.1 Å². The molecule has 2 aromatic carbocycles. The molecular weight excluding hydrogens is 512 g/mol. The molecule has 2 fully saturated rings. The van der Waals surface area contributed by atoms with Gasteiger partial charge < -0.3 is 15.5 Å². The number of hydrogen-bond donors (Lipinski definition) is 3. The van der Waals surface area contributed by atoms with Crippen molar-refractivity contribution in [2.45, 2.75) is 69.9 Å². The van der Waals surface area contributed by atoms with Crippen molar-refractivity contribution in [3.05, 3.63) is 88.3 Å². The van der Waals surface area contributed by atoms with E-state index in [1.165, 1.54) is 29.8 Å². The van der Waals surface area contributed by atoms with E-state index < -0.39 is 28.3 Å². The van der Waals surface area contributed by atoms with Crippen molar-refractivity contribution in [2.75, 3.05) is 6.61 Å². The fourth-order valence-electron chi connectivity index (χ4n) is 6.95. The predicted octanol–water partition coefficient (Wildman–Crippen LogP) is 5.14. The molecule has 0 aliphatic heterocycles. The van der Waals surface area contributed by atoms with E-state index in [4.69, 9.17) is 0 Å². The summed E-state index contributed by atoms with van der Waals surface area (Å²) in [5, 5.41) is 29.4. The van der Waals surface area contributed by atoms with Crippen molar-refractivity contribution in [1.29, 1.82) is 0 Å². The van der Waals surface area contributed by atoms with Gasteiger partial charge in [-0.2, -0.15) is 5.10 Å². The molecule has 40 heavy (non-hydrogen) atoms. The van der Waals surface area contributed by atoms with Crippen molar-refractivity contribution in [3.8, 4) is 5.69 Å². The number of carbonyl (C=O) groups is 1. The number of aryl methyl sites for hydroxylation is 1. The van der Waals surface area contributed by atoms with Gasteiger partial charge in [0, 0.05) is 11.0 Å². The second-order valence-electron chi connectivity index (χ2n) is 12.4. The van der Waals surface area contributed by atoms with E-state index in [9.17, 15) is 23.8 Å². The lowest BCUT2D eigenvalue weighted by Crippen LogP contribution is -2.49. The van der Waals surface area contributed by atoms with Crippen LogP contribution < -0.4 is 5.32 Å². The van der Waals surface area contributed by atoms with Crippen molar-refractivity contribution >= 4 is 12.0 Å². The quantitative estimate of drug-likeness (QED) is 0.364. The van der Waals surface area contributed by atoms with Gasteiger partial charge in [0.25, 0.3) is 5.91 Å². The summed E-state index contributed by atoms with van der Waals surface area (Å²) in [6.45, 7) is 3.16. The van der Waals surface area contributed by atoms with E-state index in [2.05, 4.69) is 16.5 Å². The zero-order chi connectivity index (χ0) is 28.3. The zero-order valence-corrected chi connectivity index (χ0v) is 22.9. The maximum absolute atomic E-state index is 14.2. The van der Waals surface area contributed by atoms with E-state index >= 15 is 0 Å². The highest BCUT2D eigenvalue weighted by molar-refractivity contribution is 5.96. The van der Waals surface area contributed by atoms with Gasteiger partial charge in [0.1, 0.15) is 11.6 Å². The maximum Gasteiger partial charge on any atom is 0.252 e. The molecule has 3 aliphatic rings. The van der Waals surface area contributed by atoms with Gasteiger partial charge in [0.2, 0.25) is 0 Å². The maximum atomic E-state index is 14.2. The molecule has 1 aromatic heterocycles. The molecule has 0 unspecified atom stereocenters. The standard InChI is InChI=1S/C32H35F2N3O3/c1-30(2,19-38)36-29(39)27-16-25(34)6-3-20(27)11-13-31(40)14-12-23-15-28-21(17-32(23,31)22-4-5-22)18-35-37(28)26-9-7-24(33)8-10-26/h3,6-10,15-16,18,22,38,40H,4-5,11-14,17,19H2,1-2H3,(H,36,39)/t31-,32+/m0/s1. The average molecular weight is 548 g/mol. The van der Waals surface area contributed by atoms with Gasteiger partial charge >= 0.3 is 0 Å². The largest absolute Gasteiger partial charge is 0.394 e. The Morgan fingerprint density at radius 3 is 2.58 bits per heavy atom. The Morgan fingerprint density at radius 1 is 1.15 bits per heavy atom. The predicted molar refractivity (Wildman–Crippen MR) is 148 cm³/mol. The molecular formula is C32H35F2N3O3. The minimum atomic E-state index is -0.984. The van der Waals surface area contributed by atoms with Crippen LogP contribution in [0.2, 0.25) is 0 Å². The van der Waals surface area contributed by atoms with Gasteiger partial charge in [-0.1, -0.05) is 11.6 Å². The van der Waals surface area contributed by atoms with Gasteiger partial charge in [-0.15, -0.1) is 0 Å². The summed E-state index contributed by atoms with van der Waals surface area (Å²) in [4.78, 5) is 13.1. The van der Waals surface area contributed by atoms with Crippen molar-refractivity contribution < 1.29 is 23.8 Å². The molecule has 0 saturated heterocycles. The molecule has 1 heterocycles. The zero-order valence-electron chi connectivity index (χ0n) is 22.9. The molecule has 0 bridgehead atoms. The summed E-state index contributed by atoms with van der Waals surface area (Å²) < 4.78 is 29.6. The van der Waals surface area contributed by atoms with Crippen molar-refractivity contribution in [2.24, 2.45) is 11.3 Å². The van der Waals surface area contributed by atoms with E-state index in [-0.39, 0.29) is 18.0 Å². The molecule has 0 radical (unpaired) electrons. The molecule has 6 rings (SSSR count).